The van der Waals surface area contributed by atoms with Gasteiger partial charge in [-0.3, -0.25) is 0 Å². The van der Waals surface area contributed by atoms with E-state index in [9.17, 15) is 9.90 Å². The van der Waals surface area contributed by atoms with Crippen LogP contribution in [0.2, 0.25) is 0 Å². The third-order valence-electron chi connectivity index (χ3n) is 3.33. The van der Waals surface area contributed by atoms with Gasteiger partial charge in [-0.05, 0) is 43.9 Å². The maximum absolute atomic E-state index is 11.2. The molecule has 100 valence electrons. The van der Waals surface area contributed by atoms with E-state index in [4.69, 9.17) is 0 Å². The monoisotopic (exact) mass is 249 g/mol. The smallest absolute Gasteiger partial charge is 0.328 e. The van der Waals surface area contributed by atoms with Crippen LogP contribution < -0.4 is 4.90 Å². The Morgan fingerprint density at radius 3 is 2.17 bits per heavy atom. The Balaban J connectivity index is 2.88. The molecule has 0 aliphatic heterocycles. The van der Waals surface area contributed by atoms with E-state index >= 15 is 0 Å². The highest BCUT2D eigenvalue weighted by Gasteiger charge is 2.32. The molecule has 0 fully saturated rings. The van der Waals surface area contributed by atoms with Gasteiger partial charge < -0.3 is 10.0 Å². The SMILES string of the molecule is CC(C)Cc1ccc(N(C)C(C)(C)C(=O)O)cc1. The number of hydrogen-bond donors (Lipinski definition) is 1. The molecule has 1 aromatic carbocycles. The minimum Gasteiger partial charge on any atom is -0.480 e. The van der Waals surface area contributed by atoms with E-state index in [0.717, 1.165) is 12.1 Å². The first-order valence-electron chi connectivity index (χ1n) is 6.31. The number of aliphatic carboxylic acids is 1. The predicted molar refractivity (Wildman–Crippen MR) is 75.1 cm³/mol. The van der Waals surface area contributed by atoms with Crippen LogP contribution in [-0.2, 0) is 11.2 Å². The second kappa shape index (κ2) is 5.42. The summed E-state index contributed by atoms with van der Waals surface area (Å²) in [5, 5.41) is 9.20. The van der Waals surface area contributed by atoms with Crippen LogP contribution in [-0.4, -0.2) is 23.7 Å². The van der Waals surface area contributed by atoms with Gasteiger partial charge >= 0.3 is 5.97 Å². The molecule has 18 heavy (non-hydrogen) atoms. The van der Waals surface area contributed by atoms with Crippen LogP contribution in [0.25, 0.3) is 0 Å². The zero-order chi connectivity index (χ0) is 13.9. The van der Waals surface area contributed by atoms with E-state index in [1.807, 2.05) is 19.2 Å². The largest absolute Gasteiger partial charge is 0.480 e. The van der Waals surface area contributed by atoms with Gasteiger partial charge in [-0.25, -0.2) is 4.79 Å². The highest BCUT2D eigenvalue weighted by atomic mass is 16.4. The second-order valence-electron chi connectivity index (χ2n) is 5.69. The van der Waals surface area contributed by atoms with Crippen LogP contribution >= 0.6 is 0 Å². The number of anilines is 1. The van der Waals surface area contributed by atoms with E-state index in [-0.39, 0.29) is 0 Å². The van der Waals surface area contributed by atoms with Crippen LogP contribution in [0.1, 0.15) is 33.3 Å². The third kappa shape index (κ3) is 3.25. The third-order valence-corrected chi connectivity index (χ3v) is 3.33. The Morgan fingerprint density at radius 2 is 1.78 bits per heavy atom. The number of carboxylic acid groups (broad SMARTS) is 1. The topological polar surface area (TPSA) is 40.5 Å². The molecule has 0 unspecified atom stereocenters. The Bertz CT molecular complexity index is 407. The number of rotatable bonds is 5. The summed E-state index contributed by atoms with van der Waals surface area (Å²) in [7, 11) is 1.81. The molecule has 0 spiro atoms. The van der Waals surface area contributed by atoms with Crippen molar-refractivity contribution in [2.24, 2.45) is 5.92 Å². The highest BCUT2D eigenvalue weighted by Crippen LogP contribution is 2.23. The van der Waals surface area contributed by atoms with E-state index in [2.05, 4.69) is 26.0 Å². The van der Waals surface area contributed by atoms with Gasteiger partial charge in [-0.2, -0.15) is 0 Å². The van der Waals surface area contributed by atoms with Crippen molar-refractivity contribution in [2.45, 2.75) is 39.7 Å². The van der Waals surface area contributed by atoms with Gasteiger partial charge in [0.15, 0.2) is 0 Å². The molecule has 1 aromatic rings. The molecule has 0 atom stereocenters. The van der Waals surface area contributed by atoms with Gasteiger partial charge in [0.1, 0.15) is 5.54 Å². The number of carboxylic acids is 1. The zero-order valence-corrected chi connectivity index (χ0v) is 11.9. The van der Waals surface area contributed by atoms with Gasteiger partial charge in [-0.15, -0.1) is 0 Å². The van der Waals surface area contributed by atoms with Crippen molar-refractivity contribution in [3.8, 4) is 0 Å². The molecule has 0 aliphatic carbocycles. The number of likely N-dealkylation sites (N-methyl/N-ethyl adjacent to an activating group) is 1. The van der Waals surface area contributed by atoms with Gasteiger partial charge in [0.25, 0.3) is 0 Å². The summed E-state index contributed by atoms with van der Waals surface area (Å²) >= 11 is 0. The minimum absolute atomic E-state index is 0.629. The number of hydrogen-bond acceptors (Lipinski definition) is 2. The normalized spacial score (nSPS) is 11.7. The second-order valence-corrected chi connectivity index (χ2v) is 5.69. The average molecular weight is 249 g/mol. The molecule has 0 aromatic heterocycles. The van der Waals surface area contributed by atoms with Crippen molar-refractivity contribution in [3.63, 3.8) is 0 Å². The van der Waals surface area contributed by atoms with E-state index < -0.39 is 11.5 Å². The van der Waals surface area contributed by atoms with Crippen molar-refractivity contribution >= 4 is 11.7 Å². The fraction of sp³-hybridized carbons (Fsp3) is 0.533. The van der Waals surface area contributed by atoms with Crippen molar-refractivity contribution in [3.05, 3.63) is 29.8 Å². The molecule has 1 rings (SSSR count). The number of carbonyl (C=O) groups is 1. The first kappa shape index (κ1) is 14.6. The maximum Gasteiger partial charge on any atom is 0.328 e. The number of benzene rings is 1. The van der Waals surface area contributed by atoms with Crippen LogP contribution in [0.3, 0.4) is 0 Å². The lowest BCUT2D eigenvalue weighted by molar-refractivity contribution is -0.142. The Morgan fingerprint density at radius 1 is 1.28 bits per heavy atom. The molecular weight excluding hydrogens is 226 g/mol. The molecule has 0 aliphatic rings. The summed E-state index contributed by atoms with van der Waals surface area (Å²) in [5.74, 6) is -0.194. The van der Waals surface area contributed by atoms with Crippen molar-refractivity contribution in [1.29, 1.82) is 0 Å². The van der Waals surface area contributed by atoms with Gasteiger partial charge in [0, 0.05) is 12.7 Å². The molecule has 0 saturated heterocycles. The van der Waals surface area contributed by atoms with Crippen LogP contribution in [0, 0.1) is 5.92 Å². The van der Waals surface area contributed by atoms with E-state index in [1.54, 1.807) is 18.7 Å². The average Bonchev–Trinajstić information content (AvgIpc) is 2.28. The maximum atomic E-state index is 11.2. The van der Waals surface area contributed by atoms with Gasteiger partial charge in [-0.1, -0.05) is 26.0 Å². The quantitative estimate of drug-likeness (QED) is 0.871. The lowest BCUT2D eigenvalue weighted by atomic mass is 10.0. The molecule has 0 amide bonds. The van der Waals surface area contributed by atoms with Crippen molar-refractivity contribution in [1.82, 2.24) is 0 Å². The summed E-state index contributed by atoms with van der Waals surface area (Å²) in [5.41, 5.74) is 1.31. The first-order valence-corrected chi connectivity index (χ1v) is 6.31. The summed E-state index contributed by atoms with van der Waals surface area (Å²) in [6.45, 7) is 7.79. The predicted octanol–water partition coefficient (Wildman–Crippen LogP) is 3.18. The molecule has 0 heterocycles. The Kier molecular flexibility index (Phi) is 4.38. The summed E-state index contributed by atoms with van der Waals surface area (Å²) in [6.07, 6.45) is 1.05. The molecule has 3 nitrogen and oxygen atoms in total. The van der Waals surface area contributed by atoms with Crippen LogP contribution in [0.5, 0.6) is 0 Å². The summed E-state index contributed by atoms with van der Waals surface area (Å²) in [4.78, 5) is 13.0. The van der Waals surface area contributed by atoms with E-state index in [1.165, 1.54) is 5.56 Å². The Labute approximate surface area is 109 Å². The van der Waals surface area contributed by atoms with Gasteiger partial charge in [0.05, 0.1) is 0 Å². The fourth-order valence-electron chi connectivity index (χ4n) is 1.79. The molecule has 3 heteroatoms. The van der Waals surface area contributed by atoms with E-state index in [0.29, 0.717) is 5.92 Å². The molecular formula is C15H23NO2. The highest BCUT2D eigenvalue weighted by molar-refractivity contribution is 5.82. The standard InChI is InChI=1S/C15H23NO2/c1-11(2)10-12-6-8-13(9-7-12)16(5)15(3,4)14(17)18/h6-9,11H,10H2,1-5H3,(H,17,18). The molecule has 0 saturated carbocycles. The zero-order valence-electron chi connectivity index (χ0n) is 11.9. The summed E-state index contributed by atoms with van der Waals surface area (Å²) < 4.78 is 0. The fourth-order valence-corrected chi connectivity index (χ4v) is 1.79. The molecule has 1 N–H and O–H groups in total. The molecule has 0 bridgehead atoms. The summed E-state index contributed by atoms with van der Waals surface area (Å²) in [6, 6.07) is 8.12. The lowest BCUT2D eigenvalue weighted by Gasteiger charge is -2.33. The lowest BCUT2D eigenvalue weighted by Crippen LogP contribution is -2.48. The van der Waals surface area contributed by atoms with Crippen molar-refractivity contribution < 1.29 is 9.90 Å². The molecule has 0 radical (unpaired) electrons. The van der Waals surface area contributed by atoms with Crippen LogP contribution in [0.15, 0.2) is 24.3 Å². The Hall–Kier alpha value is -1.51. The van der Waals surface area contributed by atoms with Crippen LogP contribution in [0.4, 0.5) is 5.69 Å². The first-order chi connectivity index (χ1) is 8.25. The minimum atomic E-state index is -0.903. The van der Waals surface area contributed by atoms with Gasteiger partial charge in [0.2, 0.25) is 0 Å². The van der Waals surface area contributed by atoms with Crippen molar-refractivity contribution in [2.75, 3.05) is 11.9 Å². The number of nitrogens with zero attached hydrogens (tertiary/aromatic N) is 1.